The number of ketones is 3. The van der Waals surface area contributed by atoms with Gasteiger partial charge in [0.05, 0.1) is 29.4 Å². The summed E-state index contributed by atoms with van der Waals surface area (Å²) in [6.07, 6.45) is 10.2. The van der Waals surface area contributed by atoms with E-state index in [9.17, 15) is 39.6 Å². The fraction of sp³-hybridized carbons (Fsp3) is 0.429. The topological polar surface area (TPSA) is 168 Å². The van der Waals surface area contributed by atoms with E-state index in [1.54, 1.807) is 26.0 Å². The highest BCUT2D eigenvalue weighted by atomic mass is 16.6. The van der Waals surface area contributed by atoms with Gasteiger partial charge in [-0.15, -0.1) is 0 Å². The Balaban J connectivity index is 1.35. The van der Waals surface area contributed by atoms with E-state index < -0.39 is 70.3 Å². The molecule has 1 saturated heterocycles. The SMILES string of the molecule is CCCCCC=CC=CC(=O)O[C@@H]1[C@H](C)O[C@@H](c2ccc3c(c2O)C(=O)C2=C(C3=O)[C@]3(O)C(=O)C=C(C)C[C@@]3(O)C=C2)C[C@@H]1O. The van der Waals surface area contributed by atoms with Gasteiger partial charge in [-0.2, -0.15) is 0 Å². The van der Waals surface area contributed by atoms with E-state index in [1.165, 1.54) is 24.3 Å². The maximum Gasteiger partial charge on any atom is 0.331 e. The summed E-state index contributed by atoms with van der Waals surface area (Å²) in [6, 6.07) is 2.66. The molecule has 45 heavy (non-hydrogen) atoms. The standard InChI is InChI=1S/C35H38O10/c1-4-5-6-7-8-9-10-11-27(38)45-33-20(3)44-25(17-24(33)36)21-12-13-22-28(30(21)39)31(40)23-14-15-34(42)18-19(2)16-26(37)35(34,43)29(23)32(22)41/h8-16,20,24-25,33,36,39,42-43H,4-7,17-18H2,1-3H3/t20-,24-,25+,33+,34-,35+/m0/s1. The highest BCUT2D eigenvalue weighted by molar-refractivity contribution is 6.32. The van der Waals surface area contributed by atoms with Gasteiger partial charge in [0.15, 0.2) is 29.1 Å². The molecule has 0 radical (unpaired) electrons. The number of hydrogen-bond acceptors (Lipinski definition) is 10. The minimum Gasteiger partial charge on any atom is -0.507 e. The van der Waals surface area contributed by atoms with E-state index in [2.05, 4.69) is 6.92 Å². The van der Waals surface area contributed by atoms with Gasteiger partial charge in [-0.1, -0.05) is 55.7 Å². The van der Waals surface area contributed by atoms with E-state index >= 15 is 0 Å². The third kappa shape index (κ3) is 5.56. The van der Waals surface area contributed by atoms with Crippen LogP contribution in [0.2, 0.25) is 0 Å². The number of aromatic hydroxyl groups is 1. The Hall–Kier alpha value is -3.96. The van der Waals surface area contributed by atoms with E-state index in [0.29, 0.717) is 5.57 Å². The van der Waals surface area contributed by atoms with Gasteiger partial charge in [-0.3, -0.25) is 14.4 Å². The summed E-state index contributed by atoms with van der Waals surface area (Å²) < 4.78 is 11.5. The van der Waals surface area contributed by atoms with Crippen molar-refractivity contribution < 1.29 is 49.1 Å². The fourth-order valence-electron chi connectivity index (χ4n) is 6.62. The minimum absolute atomic E-state index is 0.0847. The van der Waals surface area contributed by atoms with Crippen molar-refractivity contribution in [2.24, 2.45) is 0 Å². The van der Waals surface area contributed by atoms with Gasteiger partial charge in [-0.05, 0) is 44.9 Å². The normalized spacial score (nSPS) is 31.2. The predicted octanol–water partition coefficient (Wildman–Crippen LogP) is 3.83. The van der Waals surface area contributed by atoms with Crippen LogP contribution in [0.3, 0.4) is 0 Å². The number of phenolic OH excluding ortho intramolecular Hbond substituents is 1. The number of esters is 1. The summed E-state index contributed by atoms with van der Waals surface area (Å²) in [5.41, 5.74) is -5.58. The molecule has 238 valence electrons. The van der Waals surface area contributed by atoms with Crippen LogP contribution >= 0.6 is 0 Å². The van der Waals surface area contributed by atoms with Crippen LogP contribution in [-0.2, 0) is 19.1 Å². The zero-order valence-electron chi connectivity index (χ0n) is 25.5. The number of aliphatic hydroxyl groups is 3. The highest BCUT2D eigenvalue weighted by Crippen LogP contribution is 2.50. The summed E-state index contributed by atoms with van der Waals surface area (Å²) in [5.74, 6) is -3.79. The molecule has 1 heterocycles. The second kappa shape index (κ2) is 12.4. The molecule has 4 N–H and O–H groups in total. The number of hydrogen-bond donors (Lipinski definition) is 4. The largest absolute Gasteiger partial charge is 0.507 e. The van der Waals surface area contributed by atoms with Crippen molar-refractivity contribution in [1.82, 2.24) is 0 Å². The summed E-state index contributed by atoms with van der Waals surface area (Å²) in [5, 5.41) is 45.0. The number of benzene rings is 1. The van der Waals surface area contributed by atoms with E-state index in [1.807, 2.05) is 6.08 Å². The first-order valence-electron chi connectivity index (χ1n) is 15.3. The van der Waals surface area contributed by atoms with Crippen LogP contribution in [0, 0.1) is 0 Å². The molecule has 0 spiro atoms. The number of Topliss-reactive ketones (excluding diaryl/α,β-unsaturated/α-hetero) is 2. The number of fused-ring (bicyclic) bond motifs is 3. The van der Waals surface area contributed by atoms with Crippen molar-refractivity contribution in [3.8, 4) is 5.75 Å². The minimum atomic E-state index is -2.67. The van der Waals surface area contributed by atoms with Crippen LogP contribution in [0.1, 0.15) is 91.7 Å². The first-order chi connectivity index (χ1) is 21.3. The number of carbonyl (C=O) groups is 4. The van der Waals surface area contributed by atoms with Crippen molar-refractivity contribution in [2.75, 3.05) is 0 Å². The predicted molar refractivity (Wildman–Crippen MR) is 162 cm³/mol. The number of aliphatic hydroxyl groups excluding tert-OH is 1. The Bertz CT molecular complexity index is 1580. The van der Waals surface area contributed by atoms with E-state index in [0.717, 1.165) is 37.8 Å². The number of rotatable bonds is 8. The molecule has 4 aliphatic rings. The summed E-state index contributed by atoms with van der Waals surface area (Å²) >= 11 is 0. The number of ether oxygens (including phenoxy) is 2. The average Bonchev–Trinajstić information content (AvgIpc) is 2.97. The van der Waals surface area contributed by atoms with Gasteiger partial charge < -0.3 is 29.9 Å². The zero-order chi connectivity index (χ0) is 32.7. The maximum atomic E-state index is 13.7. The van der Waals surface area contributed by atoms with Gasteiger partial charge in [0, 0.05) is 35.6 Å². The van der Waals surface area contributed by atoms with Gasteiger partial charge in [-0.25, -0.2) is 4.79 Å². The van der Waals surface area contributed by atoms with Crippen LogP contribution in [0.5, 0.6) is 5.75 Å². The molecule has 10 nitrogen and oxygen atoms in total. The molecule has 3 aliphatic carbocycles. The van der Waals surface area contributed by atoms with Crippen LogP contribution in [0.4, 0.5) is 0 Å². The van der Waals surface area contributed by atoms with Gasteiger partial charge in [0.2, 0.25) is 0 Å². The second-order valence-electron chi connectivity index (χ2n) is 12.2. The van der Waals surface area contributed by atoms with Gasteiger partial charge in [0.1, 0.15) is 11.4 Å². The van der Waals surface area contributed by atoms with Crippen molar-refractivity contribution in [1.29, 1.82) is 0 Å². The third-order valence-corrected chi connectivity index (χ3v) is 8.95. The number of allylic oxidation sites excluding steroid dienone is 5. The van der Waals surface area contributed by atoms with Crippen molar-refractivity contribution in [3.05, 3.63) is 88.1 Å². The molecule has 0 aromatic heterocycles. The molecule has 0 bridgehead atoms. The van der Waals surface area contributed by atoms with Gasteiger partial charge >= 0.3 is 5.97 Å². The molecule has 6 atom stereocenters. The summed E-state index contributed by atoms with van der Waals surface area (Å²) in [4.78, 5) is 52.9. The second-order valence-corrected chi connectivity index (χ2v) is 12.2. The lowest BCUT2D eigenvalue weighted by atomic mass is 9.60. The highest BCUT2D eigenvalue weighted by Gasteiger charge is 2.62. The molecule has 0 amide bonds. The Morgan fingerprint density at radius 2 is 1.89 bits per heavy atom. The molecule has 0 saturated carbocycles. The molecule has 1 aromatic carbocycles. The Morgan fingerprint density at radius 3 is 2.60 bits per heavy atom. The van der Waals surface area contributed by atoms with Crippen molar-refractivity contribution >= 4 is 23.3 Å². The molecule has 5 rings (SSSR count). The maximum absolute atomic E-state index is 13.7. The van der Waals surface area contributed by atoms with Crippen molar-refractivity contribution in [2.45, 2.75) is 94.9 Å². The molecule has 10 heteroatoms. The lowest BCUT2D eigenvalue weighted by Gasteiger charge is -2.47. The monoisotopic (exact) mass is 618 g/mol. The molecule has 1 aromatic rings. The Kier molecular flexibility index (Phi) is 8.97. The first kappa shape index (κ1) is 32.4. The van der Waals surface area contributed by atoms with Crippen LogP contribution in [0.15, 0.2) is 71.4 Å². The number of phenols is 1. The Labute approximate surface area is 261 Å². The van der Waals surface area contributed by atoms with E-state index in [4.69, 9.17) is 9.47 Å². The number of unbranched alkanes of at least 4 members (excludes halogenated alkanes) is 3. The smallest absolute Gasteiger partial charge is 0.331 e. The molecule has 0 unspecified atom stereocenters. The molecular weight excluding hydrogens is 580 g/mol. The first-order valence-corrected chi connectivity index (χ1v) is 15.3. The van der Waals surface area contributed by atoms with Crippen LogP contribution < -0.4 is 0 Å². The lowest BCUT2D eigenvalue weighted by Crippen LogP contribution is -2.64. The average molecular weight is 619 g/mol. The molecule has 1 fully saturated rings. The number of carbonyl (C=O) groups excluding carboxylic acids is 4. The Morgan fingerprint density at radius 1 is 1.13 bits per heavy atom. The van der Waals surface area contributed by atoms with Gasteiger partial charge in [0.25, 0.3) is 0 Å². The van der Waals surface area contributed by atoms with Crippen LogP contribution in [-0.4, -0.2) is 73.3 Å². The quantitative estimate of drug-likeness (QED) is 0.145. The molecule has 1 aliphatic heterocycles. The summed E-state index contributed by atoms with van der Waals surface area (Å²) in [6.45, 7) is 5.34. The zero-order valence-corrected chi connectivity index (χ0v) is 25.5. The lowest BCUT2D eigenvalue weighted by molar-refractivity contribution is -0.190. The van der Waals surface area contributed by atoms with Crippen LogP contribution in [0.25, 0.3) is 0 Å². The van der Waals surface area contributed by atoms with Crippen molar-refractivity contribution in [3.63, 3.8) is 0 Å². The fourth-order valence-corrected chi connectivity index (χ4v) is 6.62. The third-order valence-electron chi connectivity index (χ3n) is 8.95. The summed E-state index contributed by atoms with van der Waals surface area (Å²) in [7, 11) is 0. The van der Waals surface area contributed by atoms with E-state index in [-0.39, 0.29) is 35.1 Å². The molecular formula is C35H38O10.